The average molecular weight is 433 g/mol. The van der Waals surface area contributed by atoms with E-state index in [1.807, 2.05) is 0 Å². The van der Waals surface area contributed by atoms with Crippen LogP contribution < -0.4 is 15.9 Å². The van der Waals surface area contributed by atoms with Crippen LogP contribution in [0.15, 0.2) is 87.5 Å². The molecule has 3 aromatic carbocycles. The number of hydrogen-bond acceptors (Lipinski definition) is 3. The zero-order valence-electron chi connectivity index (χ0n) is 15.0. The molecule has 5 heteroatoms. The molecule has 134 valence electrons. The summed E-state index contributed by atoms with van der Waals surface area (Å²) in [5, 5.41) is 4.14. The average Bonchev–Trinajstić information content (AvgIpc) is 2.69. The molecule has 3 aromatic rings. The fourth-order valence-corrected chi connectivity index (χ4v) is 6.60. The molecular weight excluding hydrogens is 411 g/mol. The van der Waals surface area contributed by atoms with Crippen LogP contribution in [0.1, 0.15) is 0 Å². The van der Waals surface area contributed by atoms with Crippen LogP contribution in [0.5, 0.6) is 0 Å². The van der Waals surface area contributed by atoms with Crippen LogP contribution in [0.3, 0.4) is 0 Å². The van der Waals surface area contributed by atoms with Gasteiger partial charge in [0, 0.05) is 14.7 Å². The predicted molar refractivity (Wildman–Crippen MR) is 128 cm³/mol. The fraction of sp³-hybridized carbons (Fsp3) is 0.143. The second-order valence-corrected chi connectivity index (χ2v) is 12.5. The van der Waals surface area contributed by atoms with Crippen LogP contribution in [-0.2, 0) is 20.6 Å². The molecule has 0 nitrogen and oxygen atoms in total. The van der Waals surface area contributed by atoms with E-state index in [1.165, 1.54) is 30.6 Å². The molecule has 0 aromatic heterocycles. The van der Waals surface area contributed by atoms with E-state index >= 15 is 0 Å². The first kappa shape index (κ1) is 20.1. The van der Waals surface area contributed by atoms with Crippen molar-refractivity contribution in [3.8, 4) is 0 Å². The van der Waals surface area contributed by atoms with E-state index in [9.17, 15) is 0 Å². The highest BCUT2D eigenvalue weighted by Crippen LogP contribution is 2.34. The molecule has 26 heavy (non-hydrogen) atoms. The lowest BCUT2D eigenvalue weighted by Crippen LogP contribution is -2.20. The summed E-state index contributed by atoms with van der Waals surface area (Å²) >= 11 is 8.99. The van der Waals surface area contributed by atoms with Crippen LogP contribution in [0.25, 0.3) is 0 Å². The second kappa shape index (κ2) is 9.52. The Hall–Kier alpha value is -0.640. The van der Waals surface area contributed by atoms with Crippen molar-refractivity contribution >= 4 is 68.0 Å². The predicted octanol–water partition coefficient (Wildman–Crippen LogP) is 4.96. The van der Waals surface area contributed by atoms with Gasteiger partial charge in [-0.15, -0.1) is 23.5 Å². The van der Waals surface area contributed by atoms with Crippen molar-refractivity contribution < 1.29 is 0 Å². The highest BCUT2D eigenvalue weighted by Gasteiger charge is 2.16. The molecule has 0 aliphatic carbocycles. The minimum absolute atomic E-state index is 0.113. The summed E-state index contributed by atoms with van der Waals surface area (Å²) in [7, 11) is -0.675. The number of hydrogen-bond donors (Lipinski definition) is 0. The number of benzene rings is 3. The van der Waals surface area contributed by atoms with E-state index in [2.05, 4.69) is 91.6 Å². The van der Waals surface area contributed by atoms with Gasteiger partial charge in [-0.1, -0.05) is 45.9 Å². The summed E-state index contributed by atoms with van der Waals surface area (Å²) in [6.45, 7) is 0. The molecule has 0 heterocycles. The summed E-state index contributed by atoms with van der Waals surface area (Å²) in [5.41, 5.74) is 0. The largest absolute Gasteiger partial charge is 0.130 e. The molecule has 0 saturated carbocycles. The molecule has 1 atom stereocenters. The monoisotopic (exact) mass is 432 g/mol. The maximum Gasteiger partial charge on any atom is 0.0115 e. The molecule has 0 aliphatic rings. The highest BCUT2D eigenvalue weighted by atomic mass is 32.8. The molecule has 0 N–H and O–H groups in total. The Labute approximate surface area is 173 Å². The SMILES string of the molecule is CSc1ccc(P(c2ccc(SC)cc2)c2ccc(S(C)=S)cc2)cc1. The molecule has 0 amide bonds. The minimum Gasteiger partial charge on any atom is -0.130 e. The quantitative estimate of drug-likeness (QED) is 0.399. The fourth-order valence-electron chi connectivity index (χ4n) is 2.70. The Balaban J connectivity index is 2.06. The third-order valence-electron chi connectivity index (χ3n) is 4.09. The van der Waals surface area contributed by atoms with Gasteiger partial charge >= 0.3 is 0 Å². The van der Waals surface area contributed by atoms with Crippen LogP contribution in [0, 0.1) is 0 Å². The van der Waals surface area contributed by atoms with Crippen LogP contribution in [0.4, 0.5) is 0 Å². The molecular formula is C21H21PS4. The van der Waals surface area contributed by atoms with E-state index in [0.29, 0.717) is 0 Å². The van der Waals surface area contributed by atoms with E-state index in [-0.39, 0.29) is 9.45 Å². The minimum atomic E-state index is -0.562. The van der Waals surface area contributed by atoms with Gasteiger partial charge in [0.2, 0.25) is 0 Å². The zero-order chi connectivity index (χ0) is 18.5. The Morgan fingerprint density at radius 2 is 1.00 bits per heavy atom. The van der Waals surface area contributed by atoms with Crippen molar-refractivity contribution in [3.63, 3.8) is 0 Å². The van der Waals surface area contributed by atoms with Crippen LogP contribution in [-0.4, -0.2) is 18.8 Å². The lowest BCUT2D eigenvalue weighted by Gasteiger charge is -2.20. The second-order valence-electron chi connectivity index (χ2n) is 5.68. The van der Waals surface area contributed by atoms with Gasteiger partial charge in [-0.3, -0.25) is 0 Å². The Kier molecular flexibility index (Phi) is 7.36. The standard InChI is InChI=1S/C21H21PS4/c1-24-19-10-4-16(5-11-19)22(17-6-12-20(25-2)13-7-17)18-8-14-21(15-9-18)26(3)23/h4-15H,1-3H3. The van der Waals surface area contributed by atoms with Crippen molar-refractivity contribution in [1.82, 2.24) is 0 Å². The van der Waals surface area contributed by atoms with Crippen molar-refractivity contribution in [2.45, 2.75) is 14.7 Å². The van der Waals surface area contributed by atoms with Crippen LogP contribution >= 0.6 is 31.4 Å². The summed E-state index contributed by atoms with van der Waals surface area (Å²) in [5.74, 6) is 0. The molecule has 1 unspecified atom stereocenters. The Bertz CT molecular complexity index is 824. The maximum absolute atomic E-state index is 5.43. The van der Waals surface area contributed by atoms with Gasteiger partial charge in [0.1, 0.15) is 0 Å². The first-order valence-electron chi connectivity index (χ1n) is 8.14. The van der Waals surface area contributed by atoms with Crippen molar-refractivity contribution in [2.24, 2.45) is 0 Å². The van der Waals surface area contributed by atoms with Gasteiger partial charge in [-0.2, -0.15) is 0 Å². The van der Waals surface area contributed by atoms with E-state index in [4.69, 9.17) is 11.2 Å². The molecule has 0 bridgehead atoms. The van der Waals surface area contributed by atoms with Gasteiger partial charge < -0.3 is 0 Å². The van der Waals surface area contributed by atoms with Crippen molar-refractivity contribution in [1.29, 1.82) is 0 Å². The lowest BCUT2D eigenvalue weighted by atomic mass is 10.3. The Morgan fingerprint density at radius 1 is 0.654 bits per heavy atom. The van der Waals surface area contributed by atoms with Gasteiger partial charge in [0.25, 0.3) is 0 Å². The molecule has 3 rings (SSSR count). The van der Waals surface area contributed by atoms with Crippen LogP contribution in [0.2, 0.25) is 0 Å². The van der Waals surface area contributed by atoms with Gasteiger partial charge in [0.05, 0.1) is 0 Å². The number of rotatable bonds is 6. The summed E-state index contributed by atoms with van der Waals surface area (Å²) in [4.78, 5) is 3.85. The van der Waals surface area contributed by atoms with E-state index in [0.717, 1.165) is 0 Å². The first-order chi connectivity index (χ1) is 12.6. The normalized spacial score (nSPS) is 12.3. The van der Waals surface area contributed by atoms with Gasteiger partial charge in [-0.05, 0) is 90.2 Å². The third kappa shape index (κ3) is 4.79. The summed E-state index contributed by atoms with van der Waals surface area (Å²) in [6.07, 6.45) is 6.33. The molecule has 0 saturated heterocycles. The lowest BCUT2D eigenvalue weighted by molar-refractivity contribution is 1.48. The van der Waals surface area contributed by atoms with E-state index in [1.54, 1.807) is 23.5 Å². The molecule has 0 radical (unpaired) electrons. The van der Waals surface area contributed by atoms with E-state index < -0.39 is 7.92 Å². The van der Waals surface area contributed by atoms with Gasteiger partial charge in [-0.25, -0.2) is 0 Å². The maximum atomic E-state index is 5.43. The smallest absolute Gasteiger partial charge is 0.0115 e. The van der Waals surface area contributed by atoms with Gasteiger partial charge in [0.15, 0.2) is 0 Å². The first-order valence-corrected chi connectivity index (χ1v) is 14.5. The molecule has 0 spiro atoms. The third-order valence-corrected chi connectivity index (χ3v) is 9.53. The van der Waals surface area contributed by atoms with Crippen molar-refractivity contribution in [3.05, 3.63) is 72.8 Å². The summed E-state index contributed by atoms with van der Waals surface area (Å²) < 4.78 is 0. The highest BCUT2D eigenvalue weighted by molar-refractivity contribution is 8.28. The topological polar surface area (TPSA) is 0 Å². The van der Waals surface area contributed by atoms with Crippen molar-refractivity contribution in [2.75, 3.05) is 18.8 Å². The molecule has 0 aliphatic heterocycles. The molecule has 0 fully saturated rings. The Morgan fingerprint density at radius 3 is 1.31 bits per heavy atom. The zero-order valence-corrected chi connectivity index (χ0v) is 19.2. The number of thioether (sulfide) groups is 2. The summed E-state index contributed by atoms with van der Waals surface area (Å²) in [6, 6.07) is 27.0.